The maximum absolute atomic E-state index is 9.16. The second-order valence-corrected chi connectivity index (χ2v) is 1.89. The molecule has 1 N–H and O–H groups in total. The van der Waals surface area contributed by atoms with Gasteiger partial charge < -0.3 is 9.84 Å². The molecule has 0 aromatic carbocycles. The van der Waals surface area contributed by atoms with Gasteiger partial charge in [-0.1, -0.05) is 24.8 Å². The van der Waals surface area contributed by atoms with E-state index < -0.39 is 6.10 Å². The van der Waals surface area contributed by atoms with Gasteiger partial charge in [-0.3, -0.25) is 0 Å². The highest BCUT2D eigenvalue weighted by atomic mass is 16.5. The van der Waals surface area contributed by atoms with Crippen LogP contribution >= 0.6 is 0 Å². The second kappa shape index (κ2) is 5.89. The van der Waals surface area contributed by atoms with Crippen LogP contribution in [-0.2, 0) is 4.74 Å². The fourth-order valence-corrected chi connectivity index (χ4v) is 0.536. The molecule has 0 aromatic rings. The van der Waals surface area contributed by atoms with E-state index in [9.17, 15) is 0 Å². The van der Waals surface area contributed by atoms with Crippen LogP contribution in [0.1, 0.15) is 0 Å². The Morgan fingerprint density at radius 3 is 2.45 bits per heavy atom. The minimum Gasteiger partial charge on any atom is -0.386 e. The van der Waals surface area contributed by atoms with E-state index in [1.807, 2.05) is 0 Å². The number of aliphatic hydroxyl groups is 1. The van der Waals surface area contributed by atoms with E-state index in [1.165, 1.54) is 12.2 Å². The van der Waals surface area contributed by atoms with Gasteiger partial charge in [0, 0.05) is 0 Å². The molecule has 0 amide bonds. The summed E-state index contributed by atoms with van der Waals surface area (Å²) in [7, 11) is 0. The molecule has 0 saturated carbocycles. The van der Waals surface area contributed by atoms with Gasteiger partial charge in [-0.2, -0.15) is 0 Å². The highest BCUT2D eigenvalue weighted by Crippen LogP contribution is 2.10. The molecule has 11 heavy (non-hydrogen) atoms. The van der Waals surface area contributed by atoms with Crippen LogP contribution in [0.5, 0.6) is 0 Å². The molecule has 2 heteroatoms. The smallest absolute Gasteiger partial charge is 0.151 e. The second-order valence-electron chi connectivity index (χ2n) is 1.89. The lowest BCUT2D eigenvalue weighted by Gasteiger charge is -2.13. The lowest BCUT2D eigenvalue weighted by Crippen LogP contribution is -2.16. The molecular weight excluding hydrogens is 140 g/mol. The summed E-state index contributed by atoms with van der Waals surface area (Å²) in [6.07, 6.45) is 4.06. The molecule has 0 aliphatic carbocycles. The number of hydrogen-bond donors (Lipinski definition) is 1. The standard InChI is InChI=1S/C9H13O2/c1-4-7-11-9(6-3)8(10)5-2/h4-6,8,10H,1-3,7H2. The molecule has 1 atom stereocenters. The average Bonchev–Trinajstić information content (AvgIpc) is 2.05. The maximum atomic E-state index is 9.16. The van der Waals surface area contributed by atoms with Gasteiger partial charge in [0.05, 0.1) is 6.61 Å². The van der Waals surface area contributed by atoms with Gasteiger partial charge in [-0.15, -0.1) is 13.2 Å². The molecule has 0 aliphatic heterocycles. The molecule has 0 rings (SSSR count). The zero-order valence-corrected chi connectivity index (χ0v) is 6.49. The molecule has 0 bridgehead atoms. The van der Waals surface area contributed by atoms with Gasteiger partial charge in [-0.05, 0) is 0 Å². The van der Waals surface area contributed by atoms with Crippen molar-refractivity contribution in [2.75, 3.05) is 6.61 Å². The predicted octanol–water partition coefficient (Wildman–Crippen LogP) is 1.45. The molecule has 0 spiro atoms. The average molecular weight is 153 g/mol. The normalized spacial score (nSPS) is 12.5. The van der Waals surface area contributed by atoms with Gasteiger partial charge in [0.25, 0.3) is 0 Å². The fourth-order valence-electron chi connectivity index (χ4n) is 0.536. The Morgan fingerprint density at radius 1 is 1.45 bits per heavy atom. The van der Waals surface area contributed by atoms with E-state index in [4.69, 9.17) is 9.84 Å². The summed E-state index contributed by atoms with van der Waals surface area (Å²) in [5.74, 6) is 0. The van der Waals surface area contributed by atoms with E-state index in [0.717, 1.165) is 0 Å². The number of hydrogen-bond acceptors (Lipinski definition) is 2. The van der Waals surface area contributed by atoms with Crippen LogP contribution in [0, 0.1) is 6.10 Å². The molecule has 0 saturated heterocycles. The van der Waals surface area contributed by atoms with Crippen LogP contribution in [0.3, 0.4) is 0 Å². The summed E-state index contributed by atoms with van der Waals surface area (Å²) in [4.78, 5) is 0. The monoisotopic (exact) mass is 153 g/mol. The van der Waals surface area contributed by atoms with Crippen LogP contribution < -0.4 is 0 Å². The predicted molar refractivity (Wildman–Crippen MR) is 45.8 cm³/mol. The lowest BCUT2D eigenvalue weighted by molar-refractivity contribution is 0.0991. The largest absolute Gasteiger partial charge is 0.386 e. The van der Waals surface area contributed by atoms with Gasteiger partial charge in [0.1, 0.15) is 6.10 Å². The molecule has 0 fully saturated rings. The first-order valence-corrected chi connectivity index (χ1v) is 3.29. The molecule has 0 aromatic heterocycles. The van der Waals surface area contributed by atoms with E-state index >= 15 is 0 Å². The van der Waals surface area contributed by atoms with Crippen LogP contribution in [0.4, 0.5) is 0 Å². The van der Waals surface area contributed by atoms with Crippen molar-refractivity contribution in [2.24, 2.45) is 0 Å². The van der Waals surface area contributed by atoms with Crippen molar-refractivity contribution in [3.63, 3.8) is 0 Å². The highest BCUT2D eigenvalue weighted by Gasteiger charge is 2.12. The summed E-state index contributed by atoms with van der Waals surface area (Å²) in [6, 6.07) is 0. The molecule has 0 heterocycles. The summed E-state index contributed by atoms with van der Waals surface area (Å²) < 4.78 is 5.05. The zero-order valence-electron chi connectivity index (χ0n) is 6.49. The Morgan fingerprint density at radius 2 is 2.09 bits per heavy atom. The van der Waals surface area contributed by atoms with Crippen LogP contribution in [0.15, 0.2) is 38.0 Å². The van der Waals surface area contributed by atoms with Crippen LogP contribution in [0.2, 0.25) is 0 Å². The van der Waals surface area contributed by atoms with Crippen molar-refractivity contribution in [1.29, 1.82) is 0 Å². The van der Waals surface area contributed by atoms with Crippen molar-refractivity contribution in [2.45, 2.75) is 6.10 Å². The topological polar surface area (TPSA) is 29.5 Å². The SMILES string of the molecule is C=CCO[C](C=C)C(O)C=C. The Hall–Kier alpha value is -0.860. The summed E-state index contributed by atoms with van der Waals surface area (Å²) in [5.41, 5.74) is 0. The molecule has 2 nitrogen and oxygen atoms in total. The number of aliphatic hydroxyl groups excluding tert-OH is 1. The molecule has 1 unspecified atom stereocenters. The highest BCUT2D eigenvalue weighted by molar-refractivity contribution is 5.09. The number of ether oxygens (including phenoxy) is 1. The Balaban J connectivity index is 3.82. The quantitative estimate of drug-likeness (QED) is 0.585. The third-order valence-corrected chi connectivity index (χ3v) is 1.08. The van der Waals surface area contributed by atoms with Crippen molar-refractivity contribution >= 4 is 0 Å². The first-order chi connectivity index (χ1) is 5.26. The van der Waals surface area contributed by atoms with Gasteiger partial charge in [0.15, 0.2) is 6.10 Å². The Kier molecular flexibility index (Phi) is 5.43. The lowest BCUT2D eigenvalue weighted by atomic mass is 10.2. The maximum Gasteiger partial charge on any atom is 0.151 e. The Bertz CT molecular complexity index is 140. The van der Waals surface area contributed by atoms with Crippen molar-refractivity contribution < 1.29 is 9.84 Å². The Labute approximate surface area is 67.5 Å². The van der Waals surface area contributed by atoms with Crippen LogP contribution in [-0.4, -0.2) is 17.8 Å². The zero-order chi connectivity index (χ0) is 8.69. The minimum atomic E-state index is -0.771. The van der Waals surface area contributed by atoms with E-state index in [1.54, 1.807) is 6.08 Å². The first kappa shape index (κ1) is 10.1. The van der Waals surface area contributed by atoms with E-state index in [-0.39, 0.29) is 0 Å². The van der Waals surface area contributed by atoms with Crippen molar-refractivity contribution in [1.82, 2.24) is 0 Å². The molecule has 61 valence electrons. The van der Waals surface area contributed by atoms with E-state index in [0.29, 0.717) is 12.7 Å². The van der Waals surface area contributed by atoms with Crippen molar-refractivity contribution in [3.05, 3.63) is 44.1 Å². The van der Waals surface area contributed by atoms with Crippen LogP contribution in [0.25, 0.3) is 0 Å². The van der Waals surface area contributed by atoms with Crippen molar-refractivity contribution in [3.8, 4) is 0 Å². The third-order valence-electron chi connectivity index (χ3n) is 1.08. The summed E-state index contributed by atoms with van der Waals surface area (Å²) >= 11 is 0. The van der Waals surface area contributed by atoms with Gasteiger partial charge in [-0.25, -0.2) is 0 Å². The summed E-state index contributed by atoms with van der Waals surface area (Å²) in [6.45, 7) is 10.7. The molecule has 1 radical (unpaired) electrons. The minimum absolute atomic E-state index is 0.367. The van der Waals surface area contributed by atoms with Gasteiger partial charge in [0.2, 0.25) is 0 Å². The summed E-state index contributed by atoms with van der Waals surface area (Å²) in [5, 5.41) is 9.16. The first-order valence-electron chi connectivity index (χ1n) is 3.29. The molecular formula is C9H13O2. The van der Waals surface area contributed by atoms with E-state index in [2.05, 4.69) is 19.7 Å². The van der Waals surface area contributed by atoms with Gasteiger partial charge >= 0.3 is 0 Å². The number of rotatable bonds is 6. The third kappa shape index (κ3) is 3.75. The fraction of sp³-hybridized carbons (Fsp3) is 0.222. The molecule has 0 aliphatic rings.